The van der Waals surface area contributed by atoms with Crippen molar-refractivity contribution in [2.75, 3.05) is 0 Å². The lowest BCUT2D eigenvalue weighted by molar-refractivity contribution is 0.0689. The van der Waals surface area contributed by atoms with Crippen molar-refractivity contribution < 1.29 is 9.90 Å². The molecule has 5 nitrogen and oxygen atoms in total. The van der Waals surface area contributed by atoms with Crippen LogP contribution in [0.5, 0.6) is 0 Å². The molecule has 0 aromatic carbocycles. The highest BCUT2D eigenvalue weighted by molar-refractivity contribution is 5.86. The molecule has 0 fully saturated rings. The minimum atomic E-state index is -1.02. The van der Waals surface area contributed by atoms with E-state index in [2.05, 4.69) is 10.3 Å². The van der Waals surface area contributed by atoms with Crippen molar-refractivity contribution in [2.45, 2.75) is 27.3 Å². The molecule has 0 aliphatic rings. The third-order valence-corrected chi connectivity index (χ3v) is 1.72. The fourth-order valence-electron chi connectivity index (χ4n) is 1.08. The van der Waals surface area contributed by atoms with E-state index in [-0.39, 0.29) is 5.69 Å². The van der Waals surface area contributed by atoms with Crippen molar-refractivity contribution in [2.24, 2.45) is 5.92 Å². The molecular formula is C8H13N3O2. The second-order valence-electron chi connectivity index (χ2n) is 3.40. The number of aromatic nitrogens is 3. The molecule has 0 spiro atoms. The lowest BCUT2D eigenvalue weighted by Gasteiger charge is -2.05. The predicted octanol–water partition coefficient (Wildman–Crippen LogP) is 0.941. The molecule has 13 heavy (non-hydrogen) atoms. The Kier molecular flexibility index (Phi) is 2.65. The molecule has 1 heterocycles. The Hall–Kier alpha value is -1.39. The van der Waals surface area contributed by atoms with E-state index < -0.39 is 5.97 Å². The third kappa shape index (κ3) is 2.05. The van der Waals surface area contributed by atoms with Gasteiger partial charge in [-0.15, -0.1) is 5.10 Å². The average Bonchev–Trinajstić information content (AvgIpc) is 2.32. The van der Waals surface area contributed by atoms with Gasteiger partial charge in [0, 0.05) is 6.54 Å². The summed E-state index contributed by atoms with van der Waals surface area (Å²) in [6.45, 7) is 6.50. The standard InChI is InChI=1S/C8H13N3O2/c1-5(2)4-11-6(3)7(8(12)13)9-10-11/h5H,4H2,1-3H3,(H,12,13). The van der Waals surface area contributed by atoms with Gasteiger partial charge in [-0.25, -0.2) is 9.48 Å². The number of carboxylic acids is 1. The second-order valence-corrected chi connectivity index (χ2v) is 3.40. The van der Waals surface area contributed by atoms with Gasteiger partial charge in [0.25, 0.3) is 0 Å². The molecular weight excluding hydrogens is 170 g/mol. The monoisotopic (exact) mass is 183 g/mol. The van der Waals surface area contributed by atoms with Gasteiger partial charge in [0.1, 0.15) is 0 Å². The minimum Gasteiger partial charge on any atom is -0.476 e. The van der Waals surface area contributed by atoms with Crippen LogP contribution in [0.25, 0.3) is 0 Å². The van der Waals surface area contributed by atoms with Gasteiger partial charge >= 0.3 is 5.97 Å². The Morgan fingerprint density at radius 2 is 2.23 bits per heavy atom. The van der Waals surface area contributed by atoms with E-state index in [1.165, 1.54) is 0 Å². The molecule has 0 saturated heterocycles. The van der Waals surface area contributed by atoms with E-state index in [1.807, 2.05) is 13.8 Å². The third-order valence-electron chi connectivity index (χ3n) is 1.72. The average molecular weight is 183 g/mol. The Morgan fingerprint density at radius 3 is 2.62 bits per heavy atom. The summed E-state index contributed by atoms with van der Waals surface area (Å²) >= 11 is 0. The van der Waals surface area contributed by atoms with Crippen molar-refractivity contribution in [1.82, 2.24) is 15.0 Å². The number of aromatic carboxylic acids is 1. The molecule has 1 aromatic heterocycles. The minimum absolute atomic E-state index is 0.0423. The van der Waals surface area contributed by atoms with E-state index >= 15 is 0 Å². The normalized spacial score (nSPS) is 10.8. The molecule has 0 amide bonds. The molecule has 0 atom stereocenters. The van der Waals surface area contributed by atoms with Gasteiger partial charge in [-0.05, 0) is 12.8 Å². The first-order valence-corrected chi connectivity index (χ1v) is 4.15. The predicted molar refractivity (Wildman–Crippen MR) is 46.6 cm³/mol. The van der Waals surface area contributed by atoms with Crippen LogP contribution in [-0.2, 0) is 6.54 Å². The maximum absolute atomic E-state index is 10.6. The quantitative estimate of drug-likeness (QED) is 0.757. The first-order valence-electron chi connectivity index (χ1n) is 4.15. The summed E-state index contributed by atoms with van der Waals surface area (Å²) in [7, 11) is 0. The number of hydrogen-bond acceptors (Lipinski definition) is 3. The Morgan fingerprint density at radius 1 is 1.62 bits per heavy atom. The zero-order valence-electron chi connectivity index (χ0n) is 7.98. The van der Waals surface area contributed by atoms with Gasteiger partial charge in [0.2, 0.25) is 0 Å². The van der Waals surface area contributed by atoms with Crippen LogP contribution >= 0.6 is 0 Å². The largest absolute Gasteiger partial charge is 0.476 e. The Labute approximate surface area is 76.4 Å². The van der Waals surface area contributed by atoms with Gasteiger partial charge in [-0.3, -0.25) is 0 Å². The zero-order valence-corrected chi connectivity index (χ0v) is 7.98. The summed E-state index contributed by atoms with van der Waals surface area (Å²) in [6, 6.07) is 0. The summed E-state index contributed by atoms with van der Waals surface area (Å²) in [5, 5.41) is 16.0. The molecule has 72 valence electrons. The lowest BCUT2D eigenvalue weighted by Crippen LogP contribution is -2.08. The van der Waals surface area contributed by atoms with Crippen LogP contribution < -0.4 is 0 Å². The maximum atomic E-state index is 10.6. The highest BCUT2D eigenvalue weighted by Crippen LogP contribution is 2.06. The number of carbonyl (C=O) groups is 1. The van der Waals surface area contributed by atoms with Crippen LogP contribution in [-0.4, -0.2) is 26.1 Å². The van der Waals surface area contributed by atoms with E-state index in [4.69, 9.17) is 5.11 Å². The van der Waals surface area contributed by atoms with E-state index in [0.717, 1.165) is 0 Å². The first kappa shape index (κ1) is 9.70. The second kappa shape index (κ2) is 3.55. The lowest BCUT2D eigenvalue weighted by atomic mass is 10.2. The van der Waals surface area contributed by atoms with Crippen molar-refractivity contribution in [3.8, 4) is 0 Å². The summed E-state index contributed by atoms with van der Waals surface area (Å²) < 4.78 is 1.62. The molecule has 0 aliphatic heterocycles. The number of rotatable bonds is 3. The van der Waals surface area contributed by atoms with Crippen molar-refractivity contribution in [3.05, 3.63) is 11.4 Å². The van der Waals surface area contributed by atoms with Gasteiger partial charge in [-0.2, -0.15) is 0 Å². The number of carboxylic acid groups (broad SMARTS) is 1. The molecule has 0 unspecified atom stereocenters. The van der Waals surface area contributed by atoms with Crippen molar-refractivity contribution in [3.63, 3.8) is 0 Å². The summed E-state index contributed by atoms with van der Waals surface area (Å²) in [5.41, 5.74) is 0.654. The van der Waals surface area contributed by atoms with Gasteiger partial charge in [0.05, 0.1) is 5.69 Å². The molecule has 0 radical (unpaired) electrons. The number of hydrogen-bond donors (Lipinski definition) is 1. The number of nitrogens with zero attached hydrogens (tertiary/aromatic N) is 3. The van der Waals surface area contributed by atoms with Crippen molar-refractivity contribution >= 4 is 5.97 Å². The van der Waals surface area contributed by atoms with Gasteiger partial charge in [-0.1, -0.05) is 19.1 Å². The summed E-state index contributed by atoms with van der Waals surface area (Å²) in [6.07, 6.45) is 0. The van der Waals surface area contributed by atoms with Crippen LogP contribution in [0.2, 0.25) is 0 Å². The fourth-order valence-corrected chi connectivity index (χ4v) is 1.08. The highest BCUT2D eigenvalue weighted by atomic mass is 16.4. The topological polar surface area (TPSA) is 68.0 Å². The fraction of sp³-hybridized carbons (Fsp3) is 0.625. The highest BCUT2D eigenvalue weighted by Gasteiger charge is 2.14. The van der Waals surface area contributed by atoms with Crippen LogP contribution in [0.4, 0.5) is 0 Å². The Balaban J connectivity index is 2.93. The van der Waals surface area contributed by atoms with E-state index in [9.17, 15) is 4.79 Å². The first-order chi connectivity index (χ1) is 6.02. The molecule has 0 saturated carbocycles. The smallest absolute Gasteiger partial charge is 0.358 e. The maximum Gasteiger partial charge on any atom is 0.358 e. The summed E-state index contributed by atoms with van der Waals surface area (Å²) in [4.78, 5) is 10.6. The molecule has 0 bridgehead atoms. The molecule has 1 aromatic rings. The molecule has 5 heteroatoms. The SMILES string of the molecule is Cc1c(C(=O)O)nnn1CC(C)C. The molecule has 1 rings (SSSR count). The van der Waals surface area contributed by atoms with E-state index in [1.54, 1.807) is 11.6 Å². The Bertz CT molecular complexity index is 317. The summed E-state index contributed by atoms with van der Waals surface area (Å²) in [5.74, 6) is -0.588. The molecule has 1 N–H and O–H groups in total. The zero-order chi connectivity index (χ0) is 10.0. The van der Waals surface area contributed by atoms with E-state index in [0.29, 0.717) is 18.2 Å². The van der Waals surface area contributed by atoms with Gasteiger partial charge < -0.3 is 5.11 Å². The van der Waals surface area contributed by atoms with Crippen molar-refractivity contribution in [1.29, 1.82) is 0 Å². The van der Waals surface area contributed by atoms with Crippen LogP contribution in [0, 0.1) is 12.8 Å². The molecule has 0 aliphatic carbocycles. The van der Waals surface area contributed by atoms with Gasteiger partial charge in [0.15, 0.2) is 5.69 Å². The van der Waals surface area contributed by atoms with Crippen LogP contribution in [0.3, 0.4) is 0 Å². The van der Waals surface area contributed by atoms with Crippen LogP contribution in [0.15, 0.2) is 0 Å². The van der Waals surface area contributed by atoms with Crippen LogP contribution in [0.1, 0.15) is 30.0 Å².